The molecule has 28 heavy (non-hydrogen) atoms. The van der Waals surface area contributed by atoms with Crippen molar-refractivity contribution < 1.29 is 4.79 Å². The van der Waals surface area contributed by atoms with Crippen LogP contribution in [0, 0.1) is 6.92 Å². The SMILES string of the molecule is CCCCCCNC(=O)CC(c1cccc(C)c1)c1cn(C)c2ccccc12. The minimum atomic E-state index is 0.0571. The van der Waals surface area contributed by atoms with E-state index in [1.165, 1.54) is 46.9 Å². The van der Waals surface area contributed by atoms with Crippen molar-refractivity contribution in [1.82, 2.24) is 9.88 Å². The Morgan fingerprint density at radius 1 is 1.07 bits per heavy atom. The van der Waals surface area contributed by atoms with Gasteiger partial charge in [-0.1, -0.05) is 74.2 Å². The van der Waals surface area contributed by atoms with Crippen molar-refractivity contribution in [3.05, 3.63) is 71.4 Å². The van der Waals surface area contributed by atoms with Crippen LogP contribution >= 0.6 is 0 Å². The molecule has 0 bridgehead atoms. The van der Waals surface area contributed by atoms with Crippen LogP contribution < -0.4 is 5.32 Å². The number of nitrogens with one attached hydrogen (secondary N) is 1. The van der Waals surface area contributed by atoms with Gasteiger partial charge in [0, 0.05) is 43.0 Å². The molecule has 0 saturated heterocycles. The maximum absolute atomic E-state index is 12.7. The van der Waals surface area contributed by atoms with E-state index in [1.807, 2.05) is 0 Å². The van der Waals surface area contributed by atoms with Crippen LogP contribution in [-0.4, -0.2) is 17.0 Å². The highest BCUT2D eigenvalue weighted by Crippen LogP contribution is 2.34. The molecule has 1 amide bonds. The van der Waals surface area contributed by atoms with Gasteiger partial charge >= 0.3 is 0 Å². The van der Waals surface area contributed by atoms with Crippen LogP contribution in [0.2, 0.25) is 0 Å². The summed E-state index contributed by atoms with van der Waals surface area (Å²) in [5.74, 6) is 0.192. The Kier molecular flexibility index (Phi) is 6.91. The Morgan fingerprint density at radius 3 is 2.68 bits per heavy atom. The Morgan fingerprint density at radius 2 is 1.89 bits per heavy atom. The molecule has 2 aromatic carbocycles. The smallest absolute Gasteiger partial charge is 0.220 e. The van der Waals surface area contributed by atoms with Gasteiger partial charge in [-0.3, -0.25) is 4.79 Å². The number of carbonyl (C=O) groups is 1. The second-order valence-electron chi connectivity index (χ2n) is 7.79. The van der Waals surface area contributed by atoms with E-state index in [2.05, 4.69) is 85.5 Å². The van der Waals surface area contributed by atoms with E-state index in [1.54, 1.807) is 0 Å². The molecular weight excluding hydrogens is 344 g/mol. The van der Waals surface area contributed by atoms with Crippen LogP contribution in [0.4, 0.5) is 0 Å². The Hall–Kier alpha value is -2.55. The lowest BCUT2D eigenvalue weighted by atomic mass is 9.87. The quantitative estimate of drug-likeness (QED) is 0.477. The number of fused-ring (bicyclic) bond motifs is 1. The molecular formula is C25H32N2O. The number of unbranched alkanes of at least 4 members (excludes halogenated alkanes) is 3. The fourth-order valence-corrected chi connectivity index (χ4v) is 3.98. The van der Waals surface area contributed by atoms with Gasteiger partial charge in [0.25, 0.3) is 0 Å². The molecule has 3 rings (SSSR count). The fourth-order valence-electron chi connectivity index (χ4n) is 3.98. The molecule has 1 atom stereocenters. The molecule has 1 unspecified atom stereocenters. The normalized spacial score (nSPS) is 12.2. The second-order valence-corrected chi connectivity index (χ2v) is 7.79. The van der Waals surface area contributed by atoms with Crippen LogP contribution in [-0.2, 0) is 11.8 Å². The molecule has 1 N–H and O–H groups in total. The standard InChI is InChI=1S/C25H32N2O/c1-4-5-6-9-15-26-25(28)17-22(20-12-10-11-19(2)16-20)23-18-27(3)24-14-8-7-13-21(23)24/h7-8,10-14,16,18,22H,4-6,9,15,17H2,1-3H3,(H,26,28). The number of aromatic nitrogens is 1. The summed E-state index contributed by atoms with van der Waals surface area (Å²) in [7, 11) is 2.08. The number of benzene rings is 2. The molecule has 0 aliphatic rings. The molecule has 0 spiro atoms. The average molecular weight is 377 g/mol. The van der Waals surface area contributed by atoms with Crippen LogP contribution in [0.25, 0.3) is 10.9 Å². The van der Waals surface area contributed by atoms with Crippen LogP contribution in [0.1, 0.15) is 61.6 Å². The van der Waals surface area contributed by atoms with Gasteiger partial charge < -0.3 is 9.88 Å². The summed E-state index contributed by atoms with van der Waals surface area (Å²) in [6.45, 7) is 5.08. The second kappa shape index (κ2) is 9.59. The Bertz CT molecular complexity index is 925. The van der Waals surface area contributed by atoms with Crippen molar-refractivity contribution in [2.45, 2.75) is 51.9 Å². The first-order chi connectivity index (χ1) is 13.6. The van der Waals surface area contributed by atoms with Gasteiger partial charge in [-0.15, -0.1) is 0 Å². The van der Waals surface area contributed by atoms with Crippen molar-refractivity contribution in [3.63, 3.8) is 0 Å². The summed E-state index contributed by atoms with van der Waals surface area (Å²) in [5, 5.41) is 4.36. The van der Waals surface area contributed by atoms with Crippen molar-refractivity contribution in [2.24, 2.45) is 7.05 Å². The summed E-state index contributed by atoms with van der Waals surface area (Å²) in [5.41, 5.74) is 4.86. The van der Waals surface area contributed by atoms with Gasteiger partial charge in [-0.25, -0.2) is 0 Å². The number of nitrogens with zero attached hydrogens (tertiary/aromatic N) is 1. The lowest BCUT2D eigenvalue weighted by molar-refractivity contribution is -0.121. The summed E-state index contributed by atoms with van der Waals surface area (Å²) < 4.78 is 2.16. The van der Waals surface area contributed by atoms with Crippen LogP contribution in [0.15, 0.2) is 54.7 Å². The van der Waals surface area contributed by atoms with Gasteiger partial charge in [0.05, 0.1) is 0 Å². The van der Waals surface area contributed by atoms with Crippen molar-refractivity contribution in [3.8, 4) is 0 Å². The lowest BCUT2D eigenvalue weighted by Crippen LogP contribution is -2.26. The third-order valence-electron chi connectivity index (χ3n) is 5.49. The third kappa shape index (κ3) is 4.83. The van der Waals surface area contributed by atoms with Crippen molar-refractivity contribution in [1.29, 1.82) is 0 Å². The molecule has 3 nitrogen and oxygen atoms in total. The van der Waals surface area contributed by atoms with Gasteiger partial charge in [0.15, 0.2) is 0 Å². The monoisotopic (exact) mass is 376 g/mol. The maximum atomic E-state index is 12.7. The predicted octanol–water partition coefficient (Wildman–Crippen LogP) is 5.71. The van der Waals surface area contributed by atoms with Crippen molar-refractivity contribution in [2.75, 3.05) is 6.54 Å². The number of para-hydroxylation sites is 1. The zero-order valence-corrected chi connectivity index (χ0v) is 17.4. The highest BCUT2D eigenvalue weighted by molar-refractivity contribution is 5.86. The zero-order chi connectivity index (χ0) is 19.9. The van der Waals surface area contributed by atoms with Gasteiger partial charge in [-0.05, 0) is 30.5 Å². The van der Waals surface area contributed by atoms with E-state index in [0.717, 1.165) is 13.0 Å². The molecule has 0 aliphatic carbocycles. The summed E-state index contributed by atoms with van der Waals surface area (Å²) in [6, 6.07) is 17.0. The topological polar surface area (TPSA) is 34.0 Å². The minimum absolute atomic E-state index is 0.0571. The lowest BCUT2D eigenvalue weighted by Gasteiger charge is -2.18. The third-order valence-corrected chi connectivity index (χ3v) is 5.49. The molecule has 3 aromatic rings. The van der Waals surface area contributed by atoms with E-state index >= 15 is 0 Å². The first-order valence-electron chi connectivity index (χ1n) is 10.5. The molecule has 0 saturated carbocycles. The van der Waals surface area contributed by atoms with E-state index in [0.29, 0.717) is 6.42 Å². The molecule has 1 heterocycles. The number of amides is 1. The number of carbonyl (C=O) groups excluding carboxylic acids is 1. The average Bonchev–Trinajstić information content (AvgIpc) is 3.03. The largest absolute Gasteiger partial charge is 0.356 e. The predicted molar refractivity (Wildman–Crippen MR) is 118 cm³/mol. The maximum Gasteiger partial charge on any atom is 0.220 e. The summed E-state index contributed by atoms with van der Waals surface area (Å²) >= 11 is 0. The van der Waals surface area contributed by atoms with Crippen LogP contribution in [0.5, 0.6) is 0 Å². The first-order valence-corrected chi connectivity index (χ1v) is 10.5. The van der Waals surface area contributed by atoms with Gasteiger partial charge in [0.2, 0.25) is 5.91 Å². The summed E-state index contributed by atoms with van der Waals surface area (Å²) in [4.78, 5) is 12.7. The number of rotatable bonds is 9. The Balaban J connectivity index is 1.85. The number of hydrogen-bond acceptors (Lipinski definition) is 1. The van der Waals surface area contributed by atoms with E-state index in [9.17, 15) is 4.79 Å². The molecule has 1 aromatic heterocycles. The number of aryl methyl sites for hydroxylation is 2. The molecule has 0 radical (unpaired) electrons. The number of hydrogen-bond donors (Lipinski definition) is 1. The summed E-state index contributed by atoms with van der Waals surface area (Å²) in [6.07, 6.45) is 7.35. The first kappa shape index (κ1) is 20.2. The van der Waals surface area contributed by atoms with E-state index in [-0.39, 0.29) is 11.8 Å². The van der Waals surface area contributed by atoms with E-state index < -0.39 is 0 Å². The highest BCUT2D eigenvalue weighted by atomic mass is 16.1. The minimum Gasteiger partial charge on any atom is -0.356 e. The molecule has 148 valence electrons. The Labute approximate surface area is 168 Å². The van der Waals surface area contributed by atoms with Gasteiger partial charge in [0.1, 0.15) is 0 Å². The van der Waals surface area contributed by atoms with E-state index in [4.69, 9.17) is 0 Å². The zero-order valence-electron chi connectivity index (χ0n) is 17.4. The molecule has 0 aliphatic heterocycles. The highest BCUT2D eigenvalue weighted by Gasteiger charge is 2.22. The molecule has 3 heteroatoms. The van der Waals surface area contributed by atoms with Gasteiger partial charge in [-0.2, -0.15) is 0 Å². The fraction of sp³-hybridized carbons (Fsp3) is 0.400. The van der Waals surface area contributed by atoms with Crippen LogP contribution in [0.3, 0.4) is 0 Å². The molecule has 0 fully saturated rings. The van der Waals surface area contributed by atoms with Crippen molar-refractivity contribution >= 4 is 16.8 Å².